The first-order chi connectivity index (χ1) is 17.4. The molecular formula is C30H29N3O3. The first-order valence-corrected chi connectivity index (χ1v) is 11.9. The molecule has 0 spiro atoms. The van der Waals surface area contributed by atoms with Gasteiger partial charge in [0.2, 0.25) is 0 Å². The zero-order valence-electron chi connectivity index (χ0n) is 20.7. The van der Waals surface area contributed by atoms with Gasteiger partial charge >= 0.3 is 5.97 Å². The van der Waals surface area contributed by atoms with Gasteiger partial charge in [0.15, 0.2) is 0 Å². The SMILES string of the molecule is COc1ccc(-c2ccc(-c3ccc4c(c3)CN(C)[C@H]4CNc3cnccc3C(=O)O)c(C)c2)cc1. The number of carboxylic acid groups (broad SMARTS) is 1. The highest BCUT2D eigenvalue weighted by atomic mass is 16.5. The Hall–Kier alpha value is -4.16. The Morgan fingerprint density at radius 1 is 1.06 bits per heavy atom. The highest BCUT2D eigenvalue weighted by Crippen LogP contribution is 2.37. The molecule has 2 heterocycles. The minimum absolute atomic E-state index is 0.148. The van der Waals surface area contributed by atoms with Crippen LogP contribution in [-0.4, -0.2) is 41.7 Å². The van der Waals surface area contributed by atoms with Crippen molar-refractivity contribution in [3.8, 4) is 28.0 Å². The molecule has 0 fully saturated rings. The Balaban J connectivity index is 1.36. The summed E-state index contributed by atoms with van der Waals surface area (Å²) >= 11 is 0. The second-order valence-corrected chi connectivity index (χ2v) is 9.21. The fraction of sp³-hybridized carbons (Fsp3) is 0.200. The molecule has 0 amide bonds. The van der Waals surface area contributed by atoms with Crippen LogP contribution in [-0.2, 0) is 6.54 Å². The number of anilines is 1. The summed E-state index contributed by atoms with van der Waals surface area (Å²) in [5.74, 6) is -0.107. The number of benzene rings is 3. The van der Waals surface area contributed by atoms with Gasteiger partial charge < -0.3 is 15.2 Å². The van der Waals surface area contributed by atoms with Crippen LogP contribution in [0.3, 0.4) is 0 Å². The number of fused-ring (bicyclic) bond motifs is 1. The predicted molar refractivity (Wildman–Crippen MR) is 142 cm³/mol. The summed E-state index contributed by atoms with van der Waals surface area (Å²) in [5.41, 5.74) is 9.33. The second-order valence-electron chi connectivity index (χ2n) is 9.21. The van der Waals surface area contributed by atoms with Crippen LogP contribution in [0.4, 0.5) is 5.69 Å². The van der Waals surface area contributed by atoms with Gasteiger partial charge in [-0.15, -0.1) is 0 Å². The lowest BCUT2D eigenvalue weighted by Gasteiger charge is -2.22. The smallest absolute Gasteiger partial charge is 0.337 e. The summed E-state index contributed by atoms with van der Waals surface area (Å²) < 4.78 is 5.28. The van der Waals surface area contributed by atoms with E-state index >= 15 is 0 Å². The van der Waals surface area contributed by atoms with E-state index in [-0.39, 0.29) is 11.6 Å². The van der Waals surface area contributed by atoms with E-state index in [0.29, 0.717) is 12.2 Å². The maximum absolute atomic E-state index is 11.5. The molecule has 6 nitrogen and oxygen atoms in total. The van der Waals surface area contributed by atoms with Crippen molar-refractivity contribution in [1.82, 2.24) is 9.88 Å². The number of nitrogens with zero attached hydrogens (tertiary/aromatic N) is 2. The summed E-state index contributed by atoms with van der Waals surface area (Å²) in [6.07, 6.45) is 3.07. The molecule has 0 radical (unpaired) electrons. The molecule has 5 rings (SSSR count). The molecule has 36 heavy (non-hydrogen) atoms. The van der Waals surface area contributed by atoms with Crippen molar-refractivity contribution in [2.75, 3.05) is 26.0 Å². The fourth-order valence-corrected chi connectivity index (χ4v) is 5.00. The normalized spacial score (nSPS) is 14.9. The largest absolute Gasteiger partial charge is 0.497 e. The monoisotopic (exact) mass is 479 g/mol. The number of likely N-dealkylation sites (N-methyl/N-ethyl adjacent to an activating group) is 1. The number of aromatic carboxylic acids is 1. The number of carboxylic acids is 1. The molecule has 4 aromatic rings. The van der Waals surface area contributed by atoms with Crippen molar-refractivity contribution in [1.29, 1.82) is 0 Å². The highest BCUT2D eigenvalue weighted by molar-refractivity contribution is 5.93. The lowest BCUT2D eigenvalue weighted by molar-refractivity contribution is 0.0697. The summed E-state index contributed by atoms with van der Waals surface area (Å²) in [7, 11) is 3.78. The molecule has 0 bridgehead atoms. The van der Waals surface area contributed by atoms with Crippen LogP contribution in [0.25, 0.3) is 22.3 Å². The molecule has 1 aliphatic heterocycles. The summed E-state index contributed by atoms with van der Waals surface area (Å²) in [5, 5.41) is 12.7. The topological polar surface area (TPSA) is 74.7 Å². The molecule has 182 valence electrons. The van der Waals surface area contributed by atoms with Crippen LogP contribution in [0, 0.1) is 6.92 Å². The zero-order valence-corrected chi connectivity index (χ0v) is 20.7. The molecule has 0 aliphatic carbocycles. The Labute approximate surface area is 211 Å². The Bertz CT molecular complexity index is 1420. The van der Waals surface area contributed by atoms with Crippen molar-refractivity contribution >= 4 is 11.7 Å². The maximum Gasteiger partial charge on any atom is 0.337 e. The number of hydrogen-bond acceptors (Lipinski definition) is 5. The number of nitrogens with one attached hydrogen (secondary N) is 1. The van der Waals surface area contributed by atoms with Gasteiger partial charge in [-0.3, -0.25) is 9.88 Å². The molecule has 0 saturated carbocycles. The average molecular weight is 480 g/mol. The standard InChI is InChI=1S/C30H29N3O3/c1-19-14-21(20-4-8-24(36-3)9-5-20)6-10-25(19)22-7-11-26-23(15-22)18-33(2)29(26)17-32-28-16-31-13-12-27(28)30(34)35/h4-16,29,32H,17-18H2,1-3H3,(H,34,35)/t29-/m0/s1. The Kier molecular flexibility index (Phi) is 6.44. The summed E-state index contributed by atoms with van der Waals surface area (Å²) in [6.45, 7) is 3.60. The van der Waals surface area contributed by atoms with Crippen molar-refractivity contribution in [3.63, 3.8) is 0 Å². The van der Waals surface area contributed by atoms with Crippen molar-refractivity contribution in [3.05, 3.63) is 101 Å². The predicted octanol–water partition coefficient (Wildman–Crippen LogP) is 6.03. The van der Waals surface area contributed by atoms with Crippen LogP contribution in [0.1, 0.15) is 33.1 Å². The number of aryl methyl sites for hydroxylation is 1. The van der Waals surface area contributed by atoms with Crippen molar-refractivity contribution in [2.45, 2.75) is 19.5 Å². The third kappa shape index (κ3) is 4.55. The molecule has 0 unspecified atom stereocenters. The molecule has 1 aromatic heterocycles. The molecular weight excluding hydrogens is 450 g/mol. The first-order valence-electron chi connectivity index (χ1n) is 11.9. The van der Waals surface area contributed by atoms with Gasteiger partial charge in [0.05, 0.1) is 30.6 Å². The number of aromatic nitrogens is 1. The lowest BCUT2D eigenvalue weighted by atomic mass is 9.93. The van der Waals surface area contributed by atoms with Crippen LogP contribution < -0.4 is 10.1 Å². The van der Waals surface area contributed by atoms with Crippen LogP contribution >= 0.6 is 0 Å². The molecule has 2 N–H and O–H groups in total. The molecule has 1 atom stereocenters. The maximum atomic E-state index is 11.5. The molecule has 0 saturated heterocycles. The molecule has 6 heteroatoms. The van der Waals surface area contributed by atoms with E-state index in [4.69, 9.17) is 4.74 Å². The minimum atomic E-state index is -0.960. The number of hydrogen-bond donors (Lipinski definition) is 2. The number of pyridine rings is 1. The van der Waals surface area contributed by atoms with Crippen LogP contribution in [0.15, 0.2) is 79.1 Å². The minimum Gasteiger partial charge on any atom is -0.497 e. The van der Waals surface area contributed by atoms with Gasteiger partial charge in [0, 0.05) is 19.3 Å². The number of ether oxygens (including phenoxy) is 1. The van der Waals surface area contributed by atoms with E-state index in [1.165, 1.54) is 45.6 Å². The second kappa shape index (κ2) is 9.84. The average Bonchev–Trinajstić information content (AvgIpc) is 3.21. The van der Waals surface area contributed by atoms with Gasteiger partial charge in [0.1, 0.15) is 5.75 Å². The Morgan fingerprint density at radius 3 is 2.53 bits per heavy atom. The quantitative estimate of drug-likeness (QED) is 0.337. The van der Waals surface area contributed by atoms with Crippen molar-refractivity contribution < 1.29 is 14.6 Å². The van der Waals surface area contributed by atoms with Gasteiger partial charge in [0.25, 0.3) is 0 Å². The number of rotatable bonds is 7. The van der Waals surface area contributed by atoms with E-state index in [2.05, 4.69) is 77.7 Å². The third-order valence-electron chi connectivity index (χ3n) is 6.95. The molecule has 3 aromatic carbocycles. The van der Waals surface area contributed by atoms with Gasteiger partial charge in [-0.25, -0.2) is 4.79 Å². The van der Waals surface area contributed by atoms with E-state index in [9.17, 15) is 9.90 Å². The zero-order chi connectivity index (χ0) is 25.2. The van der Waals surface area contributed by atoms with Gasteiger partial charge in [-0.05, 0) is 77.2 Å². The van der Waals surface area contributed by atoms with Gasteiger partial charge in [-0.2, -0.15) is 0 Å². The summed E-state index contributed by atoms with van der Waals surface area (Å²) in [4.78, 5) is 17.9. The van der Waals surface area contributed by atoms with E-state index in [1.807, 2.05) is 12.1 Å². The first kappa shape index (κ1) is 23.6. The Morgan fingerprint density at radius 2 is 1.81 bits per heavy atom. The van der Waals surface area contributed by atoms with Gasteiger partial charge in [-0.1, -0.05) is 42.5 Å². The van der Waals surface area contributed by atoms with Crippen molar-refractivity contribution in [2.24, 2.45) is 0 Å². The lowest BCUT2D eigenvalue weighted by Crippen LogP contribution is -2.24. The third-order valence-corrected chi connectivity index (χ3v) is 6.95. The van der Waals surface area contributed by atoms with Crippen LogP contribution in [0.5, 0.6) is 5.75 Å². The highest BCUT2D eigenvalue weighted by Gasteiger charge is 2.28. The van der Waals surface area contributed by atoms with E-state index < -0.39 is 5.97 Å². The fourth-order valence-electron chi connectivity index (χ4n) is 5.00. The number of carbonyl (C=O) groups is 1. The van der Waals surface area contributed by atoms with E-state index in [1.54, 1.807) is 13.3 Å². The molecule has 1 aliphatic rings. The van der Waals surface area contributed by atoms with E-state index in [0.717, 1.165) is 17.9 Å². The summed E-state index contributed by atoms with van der Waals surface area (Å²) in [6, 6.07) is 23.1. The number of methoxy groups -OCH3 is 1. The van der Waals surface area contributed by atoms with Crippen LogP contribution in [0.2, 0.25) is 0 Å².